The van der Waals surface area contributed by atoms with Crippen LogP contribution in [0.5, 0.6) is 0 Å². The SMILES string of the molecule is CN1Cc2cccc3c2N(CCC3)C1N. The number of rotatable bonds is 0. The minimum atomic E-state index is 0.0546. The highest BCUT2D eigenvalue weighted by molar-refractivity contribution is 5.63. The molecule has 0 amide bonds. The van der Waals surface area contributed by atoms with Crippen molar-refractivity contribution in [2.24, 2.45) is 5.73 Å². The van der Waals surface area contributed by atoms with E-state index in [4.69, 9.17) is 5.73 Å². The summed E-state index contributed by atoms with van der Waals surface area (Å²) in [4.78, 5) is 4.55. The third-order valence-electron chi connectivity index (χ3n) is 3.53. The number of aryl methyl sites for hydroxylation is 1. The lowest BCUT2D eigenvalue weighted by Crippen LogP contribution is -2.57. The van der Waals surface area contributed by atoms with Crippen LogP contribution >= 0.6 is 0 Å². The fourth-order valence-corrected chi connectivity index (χ4v) is 2.76. The van der Waals surface area contributed by atoms with Crippen LogP contribution in [0.3, 0.4) is 0 Å². The van der Waals surface area contributed by atoms with Gasteiger partial charge in [0.25, 0.3) is 0 Å². The van der Waals surface area contributed by atoms with Gasteiger partial charge in [-0.2, -0.15) is 0 Å². The number of nitrogens with zero attached hydrogens (tertiary/aromatic N) is 2. The Morgan fingerprint density at radius 1 is 1.33 bits per heavy atom. The summed E-state index contributed by atoms with van der Waals surface area (Å²) in [6.45, 7) is 2.07. The van der Waals surface area contributed by atoms with Crippen LogP contribution in [0.25, 0.3) is 0 Å². The van der Waals surface area contributed by atoms with Gasteiger partial charge in [0.1, 0.15) is 6.29 Å². The molecule has 1 atom stereocenters. The Bertz CT molecular complexity index is 388. The zero-order valence-electron chi connectivity index (χ0n) is 9.11. The minimum absolute atomic E-state index is 0.0546. The first kappa shape index (κ1) is 9.19. The van der Waals surface area contributed by atoms with Gasteiger partial charge in [0.15, 0.2) is 0 Å². The lowest BCUT2D eigenvalue weighted by Gasteiger charge is -2.45. The van der Waals surface area contributed by atoms with Crippen molar-refractivity contribution in [3.05, 3.63) is 29.3 Å². The average Bonchev–Trinajstić information content (AvgIpc) is 2.26. The molecule has 15 heavy (non-hydrogen) atoms. The maximum atomic E-state index is 6.20. The van der Waals surface area contributed by atoms with Gasteiger partial charge in [-0.25, -0.2) is 0 Å². The molecule has 0 bridgehead atoms. The molecule has 0 saturated heterocycles. The fraction of sp³-hybridized carbons (Fsp3) is 0.500. The molecule has 3 heteroatoms. The van der Waals surface area contributed by atoms with E-state index in [-0.39, 0.29) is 6.29 Å². The van der Waals surface area contributed by atoms with Crippen molar-refractivity contribution in [1.82, 2.24) is 4.90 Å². The molecule has 0 saturated carbocycles. The molecule has 0 radical (unpaired) electrons. The highest BCUT2D eigenvalue weighted by Gasteiger charge is 2.30. The molecule has 0 aromatic heterocycles. The summed E-state index contributed by atoms with van der Waals surface area (Å²) >= 11 is 0. The van der Waals surface area contributed by atoms with Crippen LogP contribution in [0.1, 0.15) is 17.5 Å². The van der Waals surface area contributed by atoms with Gasteiger partial charge >= 0.3 is 0 Å². The van der Waals surface area contributed by atoms with Crippen LogP contribution in [0.4, 0.5) is 5.69 Å². The van der Waals surface area contributed by atoms with Crippen molar-refractivity contribution in [2.45, 2.75) is 25.7 Å². The number of hydrogen-bond acceptors (Lipinski definition) is 3. The Kier molecular flexibility index (Phi) is 1.97. The number of nitrogens with two attached hydrogens (primary N) is 1. The maximum absolute atomic E-state index is 6.20. The molecule has 1 aromatic carbocycles. The van der Waals surface area contributed by atoms with E-state index >= 15 is 0 Å². The minimum Gasteiger partial charge on any atom is -0.343 e. The van der Waals surface area contributed by atoms with E-state index in [2.05, 4.69) is 35.0 Å². The normalized spacial score (nSPS) is 25.2. The standard InChI is InChI=1S/C12H17N3/c1-14-8-10-5-2-4-9-6-3-7-15(11(9)10)12(14)13/h2,4-5,12H,3,6-8,13H2,1H3. The summed E-state index contributed by atoms with van der Waals surface area (Å²) in [5.74, 6) is 0. The van der Waals surface area contributed by atoms with Crippen molar-refractivity contribution < 1.29 is 0 Å². The molecule has 0 fully saturated rings. The second-order valence-electron chi connectivity index (χ2n) is 4.55. The third kappa shape index (κ3) is 1.27. The van der Waals surface area contributed by atoms with Gasteiger partial charge in [-0.05, 0) is 31.0 Å². The van der Waals surface area contributed by atoms with Crippen molar-refractivity contribution in [3.8, 4) is 0 Å². The highest BCUT2D eigenvalue weighted by atomic mass is 15.4. The third-order valence-corrected chi connectivity index (χ3v) is 3.53. The molecule has 2 heterocycles. The summed E-state index contributed by atoms with van der Waals surface area (Å²) in [5, 5.41) is 0. The van der Waals surface area contributed by atoms with Gasteiger partial charge in [-0.15, -0.1) is 0 Å². The van der Waals surface area contributed by atoms with Gasteiger partial charge in [-0.1, -0.05) is 18.2 Å². The van der Waals surface area contributed by atoms with Crippen LogP contribution in [-0.2, 0) is 13.0 Å². The van der Waals surface area contributed by atoms with E-state index in [0.717, 1.165) is 13.1 Å². The molecule has 2 aliphatic rings. The number of benzene rings is 1. The molecule has 0 aliphatic carbocycles. The number of anilines is 1. The first-order chi connectivity index (χ1) is 7.27. The molecule has 2 N–H and O–H groups in total. The zero-order chi connectivity index (χ0) is 10.4. The van der Waals surface area contributed by atoms with Gasteiger partial charge < -0.3 is 4.90 Å². The quantitative estimate of drug-likeness (QED) is 0.686. The topological polar surface area (TPSA) is 32.5 Å². The van der Waals surface area contributed by atoms with Gasteiger partial charge in [0, 0.05) is 18.8 Å². The zero-order valence-corrected chi connectivity index (χ0v) is 9.11. The van der Waals surface area contributed by atoms with Crippen LogP contribution in [0.15, 0.2) is 18.2 Å². The lowest BCUT2D eigenvalue weighted by atomic mass is 9.96. The van der Waals surface area contributed by atoms with E-state index in [0.29, 0.717) is 0 Å². The second kappa shape index (κ2) is 3.22. The Morgan fingerprint density at radius 3 is 3.00 bits per heavy atom. The summed E-state index contributed by atoms with van der Waals surface area (Å²) in [7, 11) is 2.09. The van der Waals surface area contributed by atoms with Crippen LogP contribution in [-0.4, -0.2) is 24.8 Å². The Labute approximate surface area is 90.5 Å². The average molecular weight is 203 g/mol. The van der Waals surface area contributed by atoms with E-state index in [1.807, 2.05) is 0 Å². The van der Waals surface area contributed by atoms with Crippen molar-refractivity contribution in [3.63, 3.8) is 0 Å². The van der Waals surface area contributed by atoms with Crippen molar-refractivity contribution in [1.29, 1.82) is 0 Å². The van der Waals surface area contributed by atoms with E-state index in [9.17, 15) is 0 Å². The van der Waals surface area contributed by atoms with E-state index in [1.54, 1.807) is 0 Å². The van der Waals surface area contributed by atoms with Crippen LogP contribution in [0.2, 0.25) is 0 Å². The Morgan fingerprint density at radius 2 is 2.13 bits per heavy atom. The molecule has 1 aromatic rings. The van der Waals surface area contributed by atoms with Gasteiger partial charge in [0.05, 0.1) is 0 Å². The van der Waals surface area contributed by atoms with E-state index < -0.39 is 0 Å². The summed E-state index contributed by atoms with van der Waals surface area (Å²) in [6.07, 6.45) is 2.48. The largest absolute Gasteiger partial charge is 0.343 e. The monoisotopic (exact) mass is 203 g/mol. The fourth-order valence-electron chi connectivity index (χ4n) is 2.76. The van der Waals surface area contributed by atoms with Crippen LogP contribution in [0, 0.1) is 0 Å². The number of hydrogen-bond donors (Lipinski definition) is 1. The smallest absolute Gasteiger partial charge is 0.134 e. The van der Waals surface area contributed by atoms with Gasteiger partial charge in [0.2, 0.25) is 0 Å². The van der Waals surface area contributed by atoms with Crippen molar-refractivity contribution >= 4 is 5.69 Å². The van der Waals surface area contributed by atoms with Gasteiger partial charge in [-0.3, -0.25) is 10.6 Å². The second-order valence-corrected chi connectivity index (χ2v) is 4.55. The lowest BCUT2D eigenvalue weighted by molar-refractivity contribution is 0.213. The predicted octanol–water partition coefficient (Wildman–Crippen LogP) is 1.13. The predicted molar refractivity (Wildman–Crippen MR) is 61.6 cm³/mol. The first-order valence-corrected chi connectivity index (χ1v) is 5.60. The molecule has 80 valence electrons. The Balaban J connectivity index is 2.15. The molecular formula is C12H17N3. The highest BCUT2D eigenvalue weighted by Crippen LogP contribution is 2.35. The molecule has 2 aliphatic heterocycles. The molecule has 3 nitrogen and oxygen atoms in total. The first-order valence-electron chi connectivity index (χ1n) is 5.60. The number of para-hydroxylation sites is 1. The van der Waals surface area contributed by atoms with Crippen molar-refractivity contribution in [2.75, 3.05) is 18.5 Å². The molecule has 3 rings (SSSR count). The summed E-state index contributed by atoms with van der Waals surface area (Å²) in [5.41, 5.74) is 10.5. The molecule has 1 unspecified atom stereocenters. The molecule has 0 spiro atoms. The summed E-state index contributed by atoms with van der Waals surface area (Å²) < 4.78 is 0. The Hall–Kier alpha value is -1.06. The maximum Gasteiger partial charge on any atom is 0.134 e. The van der Waals surface area contributed by atoms with Crippen LogP contribution < -0.4 is 10.6 Å². The van der Waals surface area contributed by atoms with E-state index in [1.165, 1.54) is 29.7 Å². The summed E-state index contributed by atoms with van der Waals surface area (Å²) in [6, 6.07) is 6.63. The molecular weight excluding hydrogens is 186 g/mol.